The SMILES string of the molecule is Cc1ccc2c(c1)NC1(CC1)C(=O)N2. The molecular formula is C11H12N2O. The van der Waals surface area contributed by atoms with Gasteiger partial charge in [0.15, 0.2) is 0 Å². The van der Waals surface area contributed by atoms with Crippen molar-refractivity contribution in [2.75, 3.05) is 10.6 Å². The van der Waals surface area contributed by atoms with E-state index in [2.05, 4.69) is 23.6 Å². The number of rotatable bonds is 0. The van der Waals surface area contributed by atoms with E-state index in [1.54, 1.807) is 0 Å². The first kappa shape index (κ1) is 7.85. The third-order valence-corrected chi connectivity index (χ3v) is 2.98. The lowest BCUT2D eigenvalue weighted by Gasteiger charge is -2.26. The Kier molecular flexibility index (Phi) is 1.29. The van der Waals surface area contributed by atoms with Gasteiger partial charge in [-0.25, -0.2) is 0 Å². The minimum Gasteiger partial charge on any atom is -0.370 e. The number of hydrogen-bond acceptors (Lipinski definition) is 2. The standard InChI is InChI=1S/C11H12N2O/c1-7-2-3-8-9(6-7)13-11(4-5-11)10(14)12-8/h2-3,6,13H,4-5H2,1H3,(H,12,14). The normalized spacial score (nSPS) is 21.1. The van der Waals surface area contributed by atoms with Gasteiger partial charge in [0.05, 0.1) is 11.4 Å². The Balaban J connectivity index is 2.07. The van der Waals surface area contributed by atoms with E-state index in [1.165, 1.54) is 5.56 Å². The fraction of sp³-hybridized carbons (Fsp3) is 0.364. The van der Waals surface area contributed by atoms with Crippen molar-refractivity contribution in [1.82, 2.24) is 0 Å². The number of anilines is 2. The Morgan fingerprint density at radius 2 is 2.07 bits per heavy atom. The van der Waals surface area contributed by atoms with E-state index in [0.717, 1.165) is 24.2 Å². The van der Waals surface area contributed by atoms with Crippen LogP contribution in [0.2, 0.25) is 0 Å². The summed E-state index contributed by atoms with van der Waals surface area (Å²) in [7, 11) is 0. The number of amides is 1. The molecule has 2 aliphatic rings. The van der Waals surface area contributed by atoms with Crippen LogP contribution < -0.4 is 10.6 Å². The molecular weight excluding hydrogens is 176 g/mol. The minimum atomic E-state index is -0.277. The van der Waals surface area contributed by atoms with Crippen molar-refractivity contribution in [3.05, 3.63) is 23.8 Å². The molecule has 0 bridgehead atoms. The zero-order valence-corrected chi connectivity index (χ0v) is 8.05. The second-order valence-corrected chi connectivity index (χ2v) is 4.21. The fourth-order valence-electron chi connectivity index (χ4n) is 1.90. The third-order valence-electron chi connectivity index (χ3n) is 2.98. The third kappa shape index (κ3) is 0.953. The summed E-state index contributed by atoms with van der Waals surface area (Å²) < 4.78 is 0. The summed E-state index contributed by atoms with van der Waals surface area (Å²) in [6.45, 7) is 2.05. The Morgan fingerprint density at radius 3 is 2.79 bits per heavy atom. The summed E-state index contributed by atoms with van der Waals surface area (Å²) in [5.41, 5.74) is 2.89. The monoisotopic (exact) mass is 188 g/mol. The zero-order valence-electron chi connectivity index (χ0n) is 8.05. The van der Waals surface area contributed by atoms with E-state index in [9.17, 15) is 4.79 Å². The molecule has 1 fully saturated rings. The Bertz CT molecular complexity index is 421. The van der Waals surface area contributed by atoms with Gasteiger partial charge in [0.1, 0.15) is 5.54 Å². The van der Waals surface area contributed by atoms with E-state index in [4.69, 9.17) is 0 Å². The molecule has 1 aromatic rings. The maximum Gasteiger partial charge on any atom is 0.250 e. The first-order chi connectivity index (χ1) is 6.70. The predicted molar refractivity (Wildman–Crippen MR) is 55.4 cm³/mol. The van der Waals surface area contributed by atoms with E-state index in [-0.39, 0.29) is 11.4 Å². The predicted octanol–water partition coefficient (Wildman–Crippen LogP) is 1.89. The van der Waals surface area contributed by atoms with Crippen molar-refractivity contribution in [1.29, 1.82) is 0 Å². The first-order valence-electron chi connectivity index (χ1n) is 4.90. The molecule has 1 amide bonds. The summed E-state index contributed by atoms with van der Waals surface area (Å²) in [4.78, 5) is 11.7. The molecule has 1 aliphatic carbocycles. The summed E-state index contributed by atoms with van der Waals surface area (Å²) in [5.74, 6) is 0.119. The topological polar surface area (TPSA) is 41.1 Å². The van der Waals surface area contributed by atoms with Crippen molar-refractivity contribution in [3.63, 3.8) is 0 Å². The van der Waals surface area contributed by atoms with Crippen LogP contribution in [-0.4, -0.2) is 11.4 Å². The van der Waals surface area contributed by atoms with Crippen LogP contribution in [0.4, 0.5) is 11.4 Å². The molecule has 3 heteroatoms. The molecule has 0 atom stereocenters. The van der Waals surface area contributed by atoms with Gasteiger partial charge in [-0.05, 0) is 37.5 Å². The largest absolute Gasteiger partial charge is 0.370 e. The molecule has 3 rings (SSSR count). The quantitative estimate of drug-likeness (QED) is 0.652. The Hall–Kier alpha value is -1.51. The lowest BCUT2D eigenvalue weighted by molar-refractivity contribution is -0.117. The van der Waals surface area contributed by atoms with E-state index in [0.29, 0.717) is 0 Å². The van der Waals surface area contributed by atoms with Crippen molar-refractivity contribution in [2.45, 2.75) is 25.3 Å². The highest BCUT2D eigenvalue weighted by atomic mass is 16.2. The molecule has 1 saturated carbocycles. The van der Waals surface area contributed by atoms with Crippen LogP contribution in [0.3, 0.4) is 0 Å². The lowest BCUT2D eigenvalue weighted by atomic mass is 10.1. The van der Waals surface area contributed by atoms with Crippen LogP contribution in [0.1, 0.15) is 18.4 Å². The Labute approximate surface area is 82.5 Å². The highest BCUT2D eigenvalue weighted by molar-refractivity contribution is 6.08. The summed E-state index contributed by atoms with van der Waals surface area (Å²) in [5, 5.41) is 6.26. The number of aryl methyl sites for hydroxylation is 1. The van der Waals surface area contributed by atoms with E-state index in [1.807, 2.05) is 12.1 Å². The number of carbonyl (C=O) groups excluding carboxylic acids is 1. The summed E-state index contributed by atoms with van der Waals surface area (Å²) in [6.07, 6.45) is 1.90. The number of fused-ring (bicyclic) bond motifs is 1. The molecule has 0 aromatic heterocycles. The highest BCUT2D eigenvalue weighted by Gasteiger charge is 2.52. The second kappa shape index (κ2) is 2.29. The van der Waals surface area contributed by atoms with Crippen molar-refractivity contribution < 1.29 is 4.79 Å². The first-order valence-corrected chi connectivity index (χ1v) is 4.90. The highest BCUT2D eigenvalue weighted by Crippen LogP contribution is 2.44. The van der Waals surface area contributed by atoms with E-state index >= 15 is 0 Å². The van der Waals surface area contributed by atoms with Gasteiger partial charge in [0.2, 0.25) is 5.91 Å². The molecule has 1 aromatic carbocycles. The van der Waals surface area contributed by atoms with Gasteiger partial charge in [-0.3, -0.25) is 4.79 Å². The van der Waals surface area contributed by atoms with E-state index < -0.39 is 0 Å². The van der Waals surface area contributed by atoms with Crippen LogP contribution in [0, 0.1) is 6.92 Å². The molecule has 1 aliphatic heterocycles. The molecule has 0 saturated heterocycles. The number of carbonyl (C=O) groups is 1. The van der Waals surface area contributed by atoms with Crippen molar-refractivity contribution >= 4 is 17.3 Å². The molecule has 3 nitrogen and oxygen atoms in total. The zero-order chi connectivity index (χ0) is 9.76. The van der Waals surface area contributed by atoms with Crippen molar-refractivity contribution in [3.8, 4) is 0 Å². The van der Waals surface area contributed by atoms with Crippen LogP contribution in [-0.2, 0) is 4.79 Å². The summed E-state index contributed by atoms with van der Waals surface area (Å²) >= 11 is 0. The summed E-state index contributed by atoms with van der Waals surface area (Å²) in [6, 6.07) is 6.03. The second-order valence-electron chi connectivity index (χ2n) is 4.21. The molecule has 72 valence electrons. The molecule has 0 unspecified atom stereocenters. The minimum absolute atomic E-state index is 0.119. The average molecular weight is 188 g/mol. The van der Waals surface area contributed by atoms with Crippen LogP contribution in [0.5, 0.6) is 0 Å². The van der Waals surface area contributed by atoms with Gasteiger partial charge in [-0.2, -0.15) is 0 Å². The Morgan fingerprint density at radius 1 is 1.29 bits per heavy atom. The van der Waals surface area contributed by atoms with Gasteiger partial charge in [-0.1, -0.05) is 6.07 Å². The van der Waals surface area contributed by atoms with Gasteiger partial charge in [-0.15, -0.1) is 0 Å². The molecule has 2 N–H and O–H groups in total. The maximum absolute atomic E-state index is 11.7. The van der Waals surface area contributed by atoms with Crippen LogP contribution >= 0.6 is 0 Å². The van der Waals surface area contributed by atoms with Gasteiger partial charge in [0, 0.05) is 0 Å². The smallest absolute Gasteiger partial charge is 0.250 e. The van der Waals surface area contributed by atoms with Crippen LogP contribution in [0.25, 0.3) is 0 Å². The molecule has 1 heterocycles. The molecule has 1 spiro atoms. The molecule has 14 heavy (non-hydrogen) atoms. The van der Waals surface area contributed by atoms with Gasteiger partial charge < -0.3 is 10.6 Å². The van der Waals surface area contributed by atoms with Gasteiger partial charge >= 0.3 is 0 Å². The van der Waals surface area contributed by atoms with Crippen LogP contribution in [0.15, 0.2) is 18.2 Å². The number of nitrogens with one attached hydrogen (secondary N) is 2. The molecule has 0 radical (unpaired) electrons. The average Bonchev–Trinajstić information content (AvgIpc) is 2.89. The van der Waals surface area contributed by atoms with Gasteiger partial charge in [0.25, 0.3) is 0 Å². The fourth-order valence-corrected chi connectivity index (χ4v) is 1.90. The van der Waals surface area contributed by atoms with Crippen molar-refractivity contribution in [2.24, 2.45) is 0 Å². The lowest BCUT2D eigenvalue weighted by Crippen LogP contribution is -2.40. The number of benzene rings is 1. The number of hydrogen-bond donors (Lipinski definition) is 2. The maximum atomic E-state index is 11.7.